The molecule has 0 radical (unpaired) electrons. The molecule has 10 heavy (non-hydrogen) atoms. The highest BCUT2D eigenvalue weighted by molar-refractivity contribution is 6.24. The van der Waals surface area contributed by atoms with Crippen LogP contribution in [0.15, 0.2) is 0 Å². The third-order valence-electron chi connectivity index (χ3n) is 1.71. The minimum Gasteiger partial charge on any atom is -0.372 e. The Bertz CT molecular complexity index is 158. The minimum absolute atomic E-state index is 0.134. The molecule has 0 spiro atoms. The van der Waals surface area contributed by atoms with Gasteiger partial charge in [-0.2, -0.15) is 0 Å². The second-order valence-electron chi connectivity index (χ2n) is 2.75. The van der Waals surface area contributed by atoms with Gasteiger partial charge < -0.3 is 10.4 Å². The third kappa shape index (κ3) is 1.41. The molecular weight excluding hydrogens is 154 g/mol. The van der Waals surface area contributed by atoms with E-state index in [1.165, 1.54) is 0 Å². The number of amides is 1. The average molecular weight is 164 g/mol. The highest BCUT2D eigenvalue weighted by atomic mass is 35.5. The van der Waals surface area contributed by atoms with Gasteiger partial charge in [0, 0.05) is 6.42 Å². The van der Waals surface area contributed by atoms with Crippen LogP contribution in [0, 0.1) is 0 Å². The summed E-state index contributed by atoms with van der Waals surface area (Å²) in [6.07, 6.45) is 0.0222. The van der Waals surface area contributed by atoms with E-state index in [9.17, 15) is 4.79 Å². The van der Waals surface area contributed by atoms with E-state index in [-0.39, 0.29) is 5.91 Å². The third-order valence-corrected chi connectivity index (χ3v) is 2.10. The van der Waals surface area contributed by atoms with E-state index in [1.54, 1.807) is 6.92 Å². The fourth-order valence-electron chi connectivity index (χ4n) is 0.870. The van der Waals surface area contributed by atoms with Gasteiger partial charge in [-0.05, 0) is 13.3 Å². The minimum atomic E-state index is -0.907. The van der Waals surface area contributed by atoms with Crippen molar-refractivity contribution in [2.45, 2.75) is 30.9 Å². The first-order valence-electron chi connectivity index (χ1n) is 3.19. The lowest BCUT2D eigenvalue weighted by Crippen LogP contribution is -2.52. The molecule has 1 rings (SSSR count). The van der Waals surface area contributed by atoms with Crippen LogP contribution in [-0.4, -0.2) is 22.1 Å². The first kappa shape index (κ1) is 7.82. The molecule has 0 aromatic heterocycles. The van der Waals surface area contributed by atoms with E-state index < -0.39 is 11.1 Å². The number of carbonyl (C=O) groups excluding carboxylic acids is 1. The SMILES string of the molecule is CC1(Cl)CCC(=O)NC1O. The summed E-state index contributed by atoms with van der Waals surface area (Å²) in [6.45, 7) is 1.71. The molecule has 3 nitrogen and oxygen atoms in total. The molecule has 0 aromatic carbocycles. The number of aliphatic hydroxyl groups excluding tert-OH is 1. The molecule has 2 atom stereocenters. The Hall–Kier alpha value is -0.280. The van der Waals surface area contributed by atoms with Gasteiger partial charge in [0.25, 0.3) is 0 Å². The lowest BCUT2D eigenvalue weighted by atomic mass is 9.98. The maximum Gasteiger partial charge on any atom is 0.222 e. The average Bonchev–Trinajstić information content (AvgIpc) is 1.81. The summed E-state index contributed by atoms with van der Waals surface area (Å²) >= 11 is 5.82. The number of alkyl halides is 1. The van der Waals surface area contributed by atoms with Crippen LogP contribution >= 0.6 is 11.6 Å². The zero-order valence-corrected chi connectivity index (χ0v) is 6.48. The molecule has 4 heteroatoms. The van der Waals surface area contributed by atoms with Crippen LogP contribution in [0.3, 0.4) is 0 Å². The molecule has 58 valence electrons. The van der Waals surface area contributed by atoms with Crippen LogP contribution in [0.4, 0.5) is 0 Å². The predicted molar refractivity (Wildman–Crippen MR) is 37.6 cm³/mol. The van der Waals surface area contributed by atoms with Crippen molar-refractivity contribution in [1.82, 2.24) is 5.32 Å². The fourth-order valence-corrected chi connectivity index (χ4v) is 1.02. The molecule has 1 heterocycles. The van der Waals surface area contributed by atoms with Gasteiger partial charge in [-0.15, -0.1) is 11.6 Å². The van der Waals surface area contributed by atoms with Gasteiger partial charge in [-0.3, -0.25) is 4.79 Å². The van der Waals surface area contributed by atoms with E-state index in [1.807, 2.05) is 0 Å². The van der Waals surface area contributed by atoms with Crippen LogP contribution in [0.25, 0.3) is 0 Å². The highest BCUT2D eigenvalue weighted by Crippen LogP contribution is 2.27. The first-order valence-corrected chi connectivity index (χ1v) is 3.56. The van der Waals surface area contributed by atoms with Crippen molar-refractivity contribution in [1.29, 1.82) is 0 Å². The summed E-state index contributed by atoms with van der Waals surface area (Å²) in [5.74, 6) is -0.134. The van der Waals surface area contributed by atoms with Gasteiger partial charge in [-0.1, -0.05) is 0 Å². The monoisotopic (exact) mass is 163 g/mol. The molecule has 0 bridgehead atoms. The Morgan fingerprint density at radius 3 is 2.90 bits per heavy atom. The van der Waals surface area contributed by atoms with Crippen LogP contribution in [0.1, 0.15) is 19.8 Å². The van der Waals surface area contributed by atoms with Crippen molar-refractivity contribution in [2.75, 3.05) is 0 Å². The molecule has 0 aliphatic carbocycles. The Morgan fingerprint density at radius 1 is 1.90 bits per heavy atom. The molecular formula is C6H10ClNO2. The first-order chi connectivity index (χ1) is 4.52. The Balaban J connectivity index is 2.60. The predicted octanol–water partition coefficient (Wildman–Crippen LogP) is 0.212. The molecule has 0 aromatic rings. The molecule has 2 N–H and O–H groups in total. The topological polar surface area (TPSA) is 49.3 Å². The lowest BCUT2D eigenvalue weighted by molar-refractivity contribution is -0.127. The number of nitrogens with one attached hydrogen (secondary N) is 1. The van der Waals surface area contributed by atoms with Gasteiger partial charge >= 0.3 is 0 Å². The van der Waals surface area contributed by atoms with Gasteiger partial charge in [0.15, 0.2) is 0 Å². The maximum absolute atomic E-state index is 10.6. The Kier molecular flexibility index (Phi) is 1.88. The van der Waals surface area contributed by atoms with Gasteiger partial charge in [0.2, 0.25) is 5.91 Å². The molecule has 0 saturated carbocycles. The summed E-state index contributed by atoms with van der Waals surface area (Å²) in [5.41, 5.74) is 0. The summed E-state index contributed by atoms with van der Waals surface area (Å²) in [6, 6.07) is 0. The number of aliphatic hydroxyl groups is 1. The van der Waals surface area contributed by atoms with Crippen molar-refractivity contribution in [3.05, 3.63) is 0 Å². The van der Waals surface area contributed by atoms with Crippen LogP contribution in [0.5, 0.6) is 0 Å². The summed E-state index contributed by atoms with van der Waals surface area (Å²) in [4.78, 5) is 9.94. The summed E-state index contributed by atoms with van der Waals surface area (Å²) in [5, 5.41) is 11.5. The molecule has 2 unspecified atom stereocenters. The van der Waals surface area contributed by atoms with E-state index in [0.29, 0.717) is 12.8 Å². The van der Waals surface area contributed by atoms with Crippen molar-refractivity contribution in [2.24, 2.45) is 0 Å². The molecule has 1 aliphatic rings. The summed E-state index contributed by atoms with van der Waals surface area (Å²) < 4.78 is 0. The van der Waals surface area contributed by atoms with E-state index in [2.05, 4.69) is 5.32 Å². The van der Waals surface area contributed by atoms with E-state index in [0.717, 1.165) is 0 Å². The highest BCUT2D eigenvalue weighted by Gasteiger charge is 2.36. The quantitative estimate of drug-likeness (QED) is 0.502. The number of hydrogen-bond donors (Lipinski definition) is 2. The number of halogens is 1. The number of piperidine rings is 1. The van der Waals surface area contributed by atoms with Crippen molar-refractivity contribution < 1.29 is 9.90 Å². The van der Waals surface area contributed by atoms with Crippen molar-refractivity contribution in [3.63, 3.8) is 0 Å². The standard InChI is InChI=1S/C6H10ClNO2/c1-6(7)3-2-4(9)8-5(6)10/h5,10H,2-3H2,1H3,(H,8,9). The van der Waals surface area contributed by atoms with Gasteiger partial charge in [0.05, 0.1) is 4.87 Å². The normalized spacial score (nSPS) is 41.1. The lowest BCUT2D eigenvalue weighted by Gasteiger charge is -2.32. The zero-order valence-electron chi connectivity index (χ0n) is 5.72. The second-order valence-corrected chi connectivity index (χ2v) is 3.61. The van der Waals surface area contributed by atoms with E-state index >= 15 is 0 Å². The second kappa shape index (κ2) is 2.40. The Morgan fingerprint density at radius 2 is 2.50 bits per heavy atom. The van der Waals surface area contributed by atoms with Crippen LogP contribution in [-0.2, 0) is 4.79 Å². The largest absolute Gasteiger partial charge is 0.372 e. The summed E-state index contributed by atoms with van der Waals surface area (Å²) in [7, 11) is 0. The number of hydrogen-bond acceptors (Lipinski definition) is 2. The smallest absolute Gasteiger partial charge is 0.222 e. The van der Waals surface area contributed by atoms with Crippen LogP contribution in [0.2, 0.25) is 0 Å². The van der Waals surface area contributed by atoms with Gasteiger partial charge in [0.1, 0.15) is 6.23 Å². The van der Waals surface area contributed by atoms with Crippen molar-refractivity contribution >= 4 is 17.5 Å². The maximum atomic E-state index is 10.6. The molecule has 1 amide bonds. The molecule has 1 fully saturated rings. The van der Waals surface area contributed by atoms with Crippen LogP contribution < -0.4 is 5.32 Å². The molecule has 1 saturated heterocycles. The molecule has 1 aliphatic heterocycles. The fraction of sp³-hybridized carbons (Fsp3) is 0.833. The van der Waals surface area contributed by atoms with Gasteiger partial charge in [-0.25, -0.2) is 0 Å². The Labute approximate surface area is 64.4 Å². The van der Waals surface area contributed by atoms with E-state index in [4.69, 9.17) is 16.7 Å². The zero-order chi connectivity index (χ0) is 7.78. The van der Waals surface area contributed by atoms with Crippen molar-refractivity contribution in [3.8, 4) is 0 Å². The number of carbonyl (C=O) groups is 1. The number of rotatable bonds is 0.